The number of H-pyrrole nitrogens is 1. The number of carbonyl (C=O) groups is 1. The van der Waals surface area contributed by atoms with Gasteiger partial charge in [0, 0.05) is 23.3 Å². The van der Waals surface area contributed by atoms with Gasteiger partial charge in [-0.1, -0.05) is 24.3 Å². The van der Waals surface area contributed by atoms with E-state index in [4.69, 9.17) is 23.2 Å². The van der Waals surface area contributed by atoms with Gasteiger partial charge in [-0.3, -0.25) is 4.79 Å². The van der Waals surface area contributed by atoms with Crippen molar-refractivity contribution in [3.8, 4) is 11.1 Å². The quantitative estimate of drug-likeness (QED) is 0.524. The lowest BCUT2D eigenvalue weighted by Gasteiger charge is -2.09. The zero-order valence-electron chi connectivity index (χ0n) is 14.1. The summed E-state index contributed by atoms with van der Waals surface area (Å²) in [5.74, 6) is 0.105. The van der Waals surface area contributed by atoms with Crippen molar-refractivity contribution < 1.29 is 9.18 Å². The van der Waals surface area contributed by atoms with Gasteiger partial charge in [0.2, 0.25) is 0 Å². The van der Waals surface area contributed by atoms with Gasteiger partial charge >= 0.3 is 0 Å². The van der Waals surface area contributed by atoms with Gasteiger partial charge in [-0.05, 0) is 48.2 Å². The highest BCUT2D eigenvalue weighted by Crippen LogP contribution is 2.25. The molecular formula is C20H19Cl2FN2O. The van der Waals surface area contributed by atoms with E-state index in [0.717, 1.165) is 34.9 Å². The van der Waals surface area contributed by atoms with Gasteiger partial charge in [-0.2, -0.15) is 0 Å². The van der Waals surface area contributed by atoms with Crippen LogP contribution < -0.4 is 5.32 Å². The fourth-order valence-electron chi connectivity index (χ4n) is 2.77. The number of amides is 1. The molecule has 0 spiro atoms. The maximum atomic E-state index is 13.1. The standard InChI is InChI=1S/C20H19Cl2FN2O/c21-9-1-2-16(22)12-24-20(26)19-11-15-4-3-14(10-18(15)25-19)13-5-7-17(23)8-6-13/h3-8,10-11,16,25H,1-2,9,12H2,(H,24,26)/t16-/m1/s1. The highest BCUT2D eigenvalue weighted by atomic mass is 35.5. The van der Waals surface area contributed by atoms with Crippen LogP contribution in [0.2, 0.25) is 0 Å². The summed E-state index contributed by atoms with van der Waals surface area (Å²) in [6.07, 6.45) is 1.59. The fourth-order valence-corrected chi connectivity index (χ4v) is 3.16. The van der Waals surface area contributed by atoms with Crippen LogP contribution in [0.15, 0.2) is 48.5 Å². The molecule has 1 aromatic heterocycles. The summed E-state index contributed by atoms with van der Waals surface area (Å²) >= 11 is 11.8. The average molecular weight is 393 g/mol. The number of aromatic amines is 1. The van der Waals surface area contributed by atoms with Gasteiger partial charge in [0.25, 0.3) is 5.91 Å². The number of carbonyl (C=O) groups excluding carboxylic acids is 1. The first-order valence-corrected chi connectivity index (χ1v) is 9.41. The van der Waals surface area contributed by atoms with Gasteiger partial charge in [-0.25, -0.2) is 4.39 Å². The lowest BCUT2D eigenvalue weighted by Crippen LogP contribution is -2.30. The number of benzene rings is 2. The molecule has 136 valence electrons. The van der Waals surface area contributed by atoms with E-state index in [0.29, 0.717) is 18.1 Å². The van der Waals surface area contributed by atoms with Crippen LogP contribution in [0, 0.1) is 5.82 Å². The highest BCUT2D eigenvalue weighted by molar-refractivity contribution is 6.21. The molecule has 0 aliphatic carbocycles. The van der Waals surface area contributed by atoms with Crippen LogP contribution in [0.3, 0.4) is 0 Å². The van der Waals surface area contributed by atoms with Crippen LogP contribution in [0.25, 0.3) is 22.0 Å². The maximum absolute atomic E-state index is 13.1. The Morgan fingerprint density at radius 2 is 1.85 bits per heavy atom. The zero-order chi connectivity index (χ0) is 18.5. The lowest BCUT2D eigenvalue weighted by atomic mass is 10.0. The van der Waals surface area contributed by atoms with E-state index in [2.05, 4.69) is 10.3 Å². The molecule has 0 fully saturated rings. The van der Waals surface area contributed by atoms with Crippen molar-refractivity contribution in [3.05, 3.63) is 60.0 Å². The van der Waals surface area contributed by atoms with Crippen LogP contribution in [0.4, 0.5) is 4.39 Å². The number of alkyl halides is 2. The molecule has 0 aliphatic heterocycles. The molecule has 0 radical (unpaired) electrons. The molecule has 3 nitrogen and oxygen atoms in total. The molecule has 0 saturated carbocycles. The Bertz CT molecular complexity index is 892. The average Bonchev–Trinajstić information content (AvgIpc) is 3.08. The normalized spacial score (nSPS) is 12.3. The zero-order valence-corrected chi connectivity index (χ0v) is 15.6. The molecule has 0 unspecified atom stereocenters. The third-order valence-electron chi connectivity index (χ3n) is 4.18. The Labute approximate surface area is 161 Å². The molecule has 2 aromatic carbocycles. The monoisotopic (exact) mass is 392 g/mol. The van der Waals surface area contributed by atoms with Crippen molar-refractivity contribution in [1.29, 1.82) is 0 Å². The molecule has 1 amide bonds. The van der Waals surface area contributed by atoms with E-state index in [1.807, 2.05) is 18.2 Å². The number of hydrogen-bond donors (Lipinski definition) is 2. The summed E-state index contributed by atoms with van der Waals surface area (Å²) in [5.41, 5.74) is 3.20. The lowest BCUT2D eigenvalue weighted by molar-refractivity contribution is 0.0949. The smallest absolute Gasteiger partial charge is 0.267 e. The number of rotatable bonds is 7. The Hall–Kier alpha value is -2.04. The Kier molecular flexibility index (Phi) is 6.17. The molecule has 0 bridgehead atoms. The molecule has 1 heterocycles. The van der Waals surface area contributed by atoms with Crippen LogP contribution in [-0.2, 0) is 0 Å². The number of aromatic nitrogens is 1. The summed E-state index contributed by atoms with van der Waals surface area (Å²) < 4.78 is 13.1. The maximum Gasteiger partial charge on any atom is 0.267 e. The summed E-state index contributed by atoms with van der Waals surface area (Å²) in [7, 11) is 0. The van der Waals surface area contributed by atoms with E-state index in [9.17, 15) is 9.18 Å². The number of hydrogen-bond acceptors (Lipinski definition) is 1. The second-order valence-electron chi connectivity index (χ2n) is 6.13. The summed E-state index contributed by atoms with van der Waals surface area (Å²) in [4.78, 5) is 15.4. The molecule has 0 saturated heterocycles. The minimum atomic E-state index is -0.266. The second kappa shape index (κ2) is 8.56. The van der Waals surface area contributed by atoms with Crippen molar-refractivity contribution in [3.63, 3.8) is 0 Å². The largest absolute Gasteiger partial charge is 0.351 e. The highest BCUT2D eigenvalue weighted by Gasteiger charge is 2.12. The predicted molar refractivity (Wildman–Crippen MR) is 106 cm³/mol. The fraction of sp³-hybridized carbons (Fsp3) is 0.250. The molecule has 26 heavy (non-hydrogen) atoms. The van der Waals surface area contributed by atoms with E-state index in [1.54, 1.807) is 18.2 Å². The van der Waals surface area contributed by atoms with Gasteiger partial charge < -0.3 is 10.3 Å². The number of nitrogens with one attached hydrogen (secondary N) is 2. The SMILES string of the molecule is O=C(NC[C@H](Cl)CCCCl)c1cc2ccc(-c3ccc(F)cc3)cc2[nH]1. The van der Waals surface area contributed by atoms with Crippen molar-refractivity contribution >= 4 is 40.0 Å². The topological polar surface area (TPSA) is 44.9 Å². The Morgan fingerprint density at radius 3 is 2.58 bits per heavy atom. The van der Waals surface area contributed by atoms with E-state index in [1.165, 1.54) is 12.1 Å². The first-order chi connectivity index (χ1) is 12.6. The third-order valence-corrected chi connectivity index (χ3v) is 4.82. The van der Waals surface area contributed by atoms with Gasteiger partial charge in [0.05, 0.1) is 5.38 Å². The molecule has 0 aliphatic rings. The van der Waals surface area contributed by atoms with E-state index in [-0.39, 0.29) is 17.1 Å². The summed E-state index contributed by atoms with van der Waals surface area (Å²) in [6, 6.07) is 14.0. The van der Waals surface area contributed by atoms with Crippen LogP contribution in [0.5, 0.6) is 0 Å². The molecule has 3 rings (SSSR count). The molecule has 6 heteroatoms. The molecular weight excluding hydrogens is 374 g/mol. The van der Waals surface area contributed by atoms with E-state index < -0.39 is 0 Å². The second-order valence-corrected chi connectivity index (χ2v) is 7.13. The van der Waals surface area contributed by atoms with Crippen molar-refractivity contribution in [2.75, 3.05) is 12.4 Å². The van der Waals surface area contributed by atoms with Gasteiger partial charge in [0.1, 0.15) is 11.5 Å². The molecule has 3 aromatic rings. The third kappa shape index (κ3) is 4.57. The van der Waals surface area contributed by atoms with Gasteiger partial charge in [0.15, 0.2) is 0 Å². The van der Waals surface area contributed by atoms with Gasteiger partial charge in [-0.15, -0.1) is 23.2 Å². The minimum Gasteiger partial charge on any atom is -0.351 e. The predicted octanol–water partition coefficient (Wildman–Crippen LogP) is 5.33. The van der Waals surface area contributed by atoms with Crippen molar-refractivity contribution in [2.45, 2.75) is 18.2 Å². The summed E-state index contributed by atoms with van der Waals surface area (Å²) in [6.45, 7) is 0.396. The van der Waals surface area contributed by atoms with Crippen molar-refractivity contribution in [2.24, 2.45) is 0 Å². The Morgan fingerprint density at radius 1 is 1.12 bits per heavy atom. The number of fused-ring (bicyclic) bond motifs is 1. The summed E-state index contributed by atoms with van der Waals surface area (Å²) in [5, 5.41) is 3.64. The molecule has 1 atom stereocenters. The minimum absolute atomic E-state index is 0.132. The van der Waals surface area contributed by atoms with Crippen LogP contribution in [-0.4, -0.2) is 28.7 Å². The van der Waals surface area contributed by atoms with E-state index >= 15 is 0 Å². The number of halogens is 3. The Balaban J connectivity index is 1.72. The molecule has 2 N–H and O–H groups in total. The first-order valence-electron chi connectivity index (χ1n) is 8.44. The first kappa shape index (κ1) is 18.7. The van der Waals surface area contributed by atoms with Crippen LogP contribution >= 0.6 is 23.2 Å². The van der Waals surface area contributed by atoms with Crippen molar-refractivity contribution in [1.82, 2.24) is 10.3 Å². The van der Waals surface area contributed by atoms with Crippen LogP contribution in [0.1, 0.15) is 23.3 Å².